The molecule has 0 aliphatic rings. The fraction of sp³-hybridized carbons (Fsp3) is 0.636. The van der Waals surface area contributed by atoms with Gasteiger partial charge in [-0.2, -0.15) is 5.10 Å². The molecule has 6 nitrogen and oxygen atoms in total. The van der Waals surface area contributed by atoms with Crippen LogP contribution in [-0.2, 0) is 15.5 Å². The highest BCUT2D eigenvalue weighted by Crippen LogP contribution is 2.24. The summed E-state index contributed by atoms with van der Waals surface area (Å²) in [5, 5.41) is 6.42. The number of carbonyl (C=O) groups is 1. The van der Waals surface area contributed by atoms with E-state index in [9.17, 15) is 13.2 Å². The molecule has 0 unspecified atom stereocenters. The summed E-state index contributed by atoms with van der Waals surface area (Å²) < 4.78 is 23.3. The average molecular weight is 308 g/mol. The van der Waals surface area contributed by atoms with Crippen LogP contribution in [-0.4, -0.2) is 43.0 Å². The number of halogens is 1. The summed E-state index contributed by atoms with van der Waals surface area (Å²) >= 11 is 0. The molecule has 0 aromatic carbocycles. The fourth-order valence-electron chi connectivity index (χ4n) is 1.81. The van der Waals surface area contributed by atoms with Crippen LogP contribution in [0.5, 0.6) is 0 Å². The van der Waals surface area contributed by atoms with Gasteiger partial charge in [0.05, 0.1) is 5.69 Å². The van der Waals surface area contributed by atoms with Crippen molar-refractivity contribution in [3.8, 4) is 0 Å². The number of aromatic nitrogens is 2. The molecule has 0 aliphatic heterocycles. The molecule has 1 aromatic rings. The smallest absolute Gasteiger partial charge is 0.275 e. The number of aryl methyl sites for hydroxylation is 1. The van der Waals surface area contributed by atoms with Crippen LogP contribution in [0.2, 0.25) is 0 Å². The van der Waals surface area contributed by atoms with Crippen molar-refractivity contribution in [2.75, 3.05) is 13.6 Å². The van der Waals surface area contributed by atoms with Gasteiger partial charge in [0.25, 0.3) is 15.0 Å². The van der Waals surface area contributed by atoms with Crippen molar-refractivity contribution in [1.29, 1.82) is 0 Å². The quantitative estimate of drug-likeness (QED) is 0.812. The van der Waals surface area contributed by atoms with Crippen LogP contribution in [0.3, 0.4) is 0 Å². The molecule has 8 heteroatoms. The Morgan fingerprint density at radius 2 is 2.00 bits per heavy atom. The molecular formula is C11H18ClN3O3S. The molecule has 0 fully saturated rings. The lowest BCUT2D eigenvalue weighted by Gasteiger charge is -2.14. The highest BCUT2D eigenvalue weighted by Gasteiger charge is 2.29. The Labute approximate surface area is 117 Å². The number of carbonyl (C=O) groups excluding carboxylic acids is 1. The average Bonchev–Trinajstić information content (AvgIpc) is 2.72. The molecule has 0 bridgehead atoms. The molecule has 0 saturated heterocycles. The number of amides is 1. The van der Waals surface area contributed by atoms with Crippen LogP contribution in [0.25, 0.3) is 0 Å². The van der Waals surface area contributed by atoms with Crippen LogP contribution in [0.4, 0.5) is 0 Å². The van der Waals surface area contributed by atoms with Gasteiger partial charge in [0, 0.05) is 24.3 Å². The molecule has 0 radical (unpaired) electrons. The first-order valence-corrected chi connectivity index (χ1v) is 8.41. The molecule has 0 spiro atoms. The third-order valence-electron chi connectivity index (χ3n) is 2.64. The summed E-state index contributed by atoms with van der Waals surface area (Å²) in [6.07, 6.45) is 1.97. The van der Waals surface area contributed by atoms with E-state index in [1.807, 2.05) is 13.8 Å². The number of hydrogen-bond donors (Lipinski definition) is 1. The summed E-state index contributed by atoms with van der Waals surface area (Å²) in [5.74, 6) is -0.445. The summed E-state index contributed by atoms with van der Waals surface area (Å²) in [4.78, 5) is 13.4. The maximum Gasteiger partial charge on any atom is 0.275 e. The van der Waals surface area contributed by atoms with E-state index in [1.54, 1.807) is 7.05 Å². The van der Waals surface area contributed by atoms with Gasteiger partial charge in [-0.15, -0.1) is 0 Å². The lowest BCUT2D eigenvalue weighted by molar-refractivity contribution is 0.0785. The molecule has 108 valence electrons. The van der Waals surface area contributed by atoms with E-state index in [-0.39, 0.29) is 10.6 Å². The third-order valence-corrected chi connectivity index (χ3v) is 4.03. The second kappa shape index (κ2) is 6.38. The number of aromatic amines is 1. The van der Waals surface area contributed by atoms with Gasteiger partial charge >= 0.3 is 0 Å². The predicted molar refractivity (Wildman–Crippen MR) is 72.9 cm³/mol. The molecule has 1 aromatic heterocycles. The Balaban J connectivity index is 3.25. The van der Waals surface area contributed by atoms with Crippen molar-refractivity contribution in [1.82, 2.24) is 15.1 Å². The lowest BCUT2D eigenvalue weighted by Crippen LogP contribution is -2.28. The lowest BCUT2D eigenvalue weighted by atomic mass is 10.2. The number of nitrogens with zero attached hydrogens (tertiary/aromatic N) is 2. The second-order valence-electron chi connectivity index (χ2n) is 4.29. The van der Waals surface area contributed by atoms with Gasteiger partial charge in [-0.3, -0.25) is 9.89 Å². The number of nitrogens with one attached hydrogen (secondary N) is 1. The van der Waals surface area contributed by atoms with Crippen molar-refractivity contribution >= 4 is 25.6 Å². The van der Waals surface area contributed by atoms with Gasteiger partial charge in [-0.1, -0.05) is 20.3 Å². The molecule has 0 aliphatic carbocycles. The molecule has 19 heavy (non-hydrogen) atoms. The van der Waals surface area contributed by atoms with Crippen LogP contribution in [0, 0.1) is 0 Å². The Morgan fingerprint density at radius 3 is 2.47 bits per heavy atom. The third kappa shape index (κ3) is 3.70. The van der Waals surface area contributed by atoms with Crippen molar-refractivity contribution in [2.45, 2.75) is 38.0 Å². The van der Waals surface area contributed by atoms with E-state index in [0.717, 1.165) is 12.8 Å². The first-order valence-electron chi connectivity index (χ1n) is 6.10. The zero-order chi connectivity index (χ0) is 14.6. The molecular weight excluding hydrogens is 290 g/mol. The zero-order valence-corrected chi connectivity index (χ0v) is 12.8. The summed E-state index contributed by atoms with van der Waals surface area (Å²) in [7, 11) is 3.01. The van der Waals surface area contributed by atoms with Gasteiger partial charge < -0.3 is 4.90 Å². The number of H-pyrrole nitrogens is 1. The van der Waals surface area contributed by atoms with Gasteiger partial charge in [-0.05, 0) is 12.8 Å². The zero-order valence-electron chi connectivity index (χ0n) is 11.2. The van der Waals surface area contributed by atoms with E-state index >= 15 is 0 Å². The largest absolute Gasteiger partial charge is 0.340 e. The van der Waals surface area contributed by atoms with E-state index in [4.69, 9.17) is 10.7 Å². The highest BCUT2D eigenvalue weighted by atomic mass is 35.7. The summed E-state index contributed by atoms with van der Waals surface area (Å²) in [6.45, 7) is 4.35. The number of rotatable bonds is 6. The summed E-state index contributed by atoms with van der Waals surface area (Å²) in [6, 6.07) is 0. The van der Waals surface area contributed by atoms with Gasteiger partial charge in [0.1, 0.15) is 4.90 Å². The van der Waals surface area contributed by atoms with Crippen LogP contribution in [0.1, 0.15) is 42.9 Å². The number of hydrogen-bond acceptors (Lipinski definition) is 4. The van der Waals surface area contributed by atoms with Crippen molar-refractivity contribution in [2.24, 2.45) is 0 Å². The van der Waals surface area contributed by atoms with Crippen LogP contribution < -0.4 is 0 Å². The second-order valence-corrected chi connectivity index (χ2v) is 6.80. The molecule has 1 rings (SSSR count). The SMILES string of the molecule is CCCc1[nH]nc(C(=O)N(C)CCC)c1S(=O)(=O)Cl. The topological polar surface area (TPSA) is 83.1 Å². The highest BCUT2D eigenvalue weighted by molar-refractivity contribution is 8.13. The monoisotopic (exact) mass is 307 g/mol. The standard InChI is InChI=1S/C11H18ClN3O3S/c1-4-6-8-10(19(12,17)18)9(14-13-8)11(16)15(3)7-5-2/h4-7H2,1-3H3,(H,13,14). The van der Waals surface area contributed by atoms with Crippen molar-refractivity contribution < 1.29 is 13.2 Å². The molecule has 1 heterocycles. The van der Waals surface area contributed by atoms with Crippen molar-refractivity contribution in [3.05, 3.63) is 11.4 Å². The first-order chi connectivity index (χ1) is 8.82. The minimum absolute atomic E-state index is 0.130. The van der Waals surface area contributed by atoms with E-state index in [0.29, 0.717) is 18.7 Å². The van der Waals surface area contributed by atoms with Crippen LogP contribution in [0.15, 0.2) is 4.90 Å². The van der Waals surface area contributed by atoms with E-state index in [1.165, 1.54) is 4.90 Å². The van der Waals surface area contributed by atoms with Gasteiger partial charge in [-0.25, -0.2) is 8.42 Å². The minimum atomic E-state index is -4.01. The van der Waals surface area contributed by atoms with Crippen molar-refractivity contribution in [3.63, 3.8) is 0 Å². The minimum Gasteiger partial charge on any atom is -0.340 e. The maximum atomic E-state index is 12.1. The molecule has 0 saturated carbocycles. The van der Waals surface area contributed by atoms with Crippen LogP contribution >= 0.6 is 10.7 Å². The Bertz CT molecular complexity index is 554. The fourth-order valence-corrected chi connectivity index (χ4v) is 3.12. The molecule has 1 N–H and O–H groups in total. The Hall–Kier alpha value is -1.08. The first kappa shape index (κ1) is 16.0. The summed E-state index contributed by atoms with van der Waals surface area (Å²) in [5.41, 5.74) is 0.250. The van der Waals surface area contributed by atoms with Gasteiger partial charge in [0.2, 0.25) is 0 Å². The Morgan fingerprint density at radius 1 is 1.37 bits per heavy atom. The van der Waals surface area contributed by atoms with Gasteiger partial charge in [0.15, 0.2) is 5.69 Å². The Kier molecular flexibility index (Phi) is 5.37. The normalized spacial score (nSPS) is 11.6. The van der Waals surface area contributed by atoms with E-state index < -0.39 is 15.0 Å². The molecule has 1 amide bonds. The maximum absolute atomic E-state index is 12.1. The molecule has 0 atom stereocenters. The van der Waals surface area contributed by atoms with E-state index in [2.05, 4.69) is 10.2 Å². The predicted octanol–water partition coefficient (Wildman–Crippen LogP) is 1.77.